The van der Waals surface area contributed by atoms with E-state index in [0.717, 1.165) is 27.3 Å². The normalized spacial score (nSPS) is 19.2. The van der Waals surface area contributed by atoms with E-state index in [2.05, 4.69) is 15.4 Å². The fourth-order valence-corrected chi connectivity index (χ4v) is 6.87. The number of hydrogen-bond donors (Lipinski definition) is 1. The summed E-state index contributed by atoms with van der Waals surface area (Å²) in [6, 6.07) is 9.66. The van der Waals surface area contributed by atoms with Gasteiger partial charge < -0.3 is 19.3 Å². The first kappa shape index (κ1) is 27.5. The third-order valence-corrected chi connectivity index (χ3v) is 9.11. The maximum absolute atomic E-state index is 14.2. The van der Waals surface area contributed by atoms with Crippen molar-refractivity contribution in [3.8, 4) is 38.8 Å². The van der Waals surface area contributed by atoms with E-state index in [1.165, 1.54) is 21.0 Å². The number of alkyl halides is 3. The van der Waals surface area contributed by atoms with Gasteiger partial charge in [-0.15, -0.1) is 21.5 Å². The number of carbonyl (C=O) groups excluding carboxylic acids is 1. The number of fused-ring (bicyclic) bond motifs is 3. The molecule has 1 saturated heterocycles. The summed E-state index contributed by atoms with van der Waals surface area (Å²) >= 11 is 1.54. The minimum atomic E-state index is -4.54. The molecule has 1 N–H and O–H groups in total. The molecule has 1 amide bonds. The Morgan fingerprint density at radius 3 is 2.68 bits per heavy atom. The molecule has 2 aliphatic heterocycles. The lowest BCUT2D eigenvalue weighted by atomic mass is 9.89. The molecule has 216 valence electrons. The van der Waals surface area contributed by atoms with Crippen LogP contribution in [0.4, 0.5) is 13.2 Å². The first-order valence-electron chi connectivity index (χ1n) is 13.3. The molecule has 2 atom stereocenters. The van der Waals surface area contributed by atoms with E-state index in [0.29, 0.717) is 48.6 Å². The number of carbonyl (C=O) groups is 1. The van der Waals surface area contributed by atoms with Crippen molar-refractivity contribution in [3.05, 3.63) is 47.0 Å². The van der Waals surface area contributed by atoms with Gasteiger partial charge >= 0.3 is 6.18 Å². The lowest BCUT2D eigenvalue weighted by Gasteiger charge is -2.39. The number of benzene rings is 1. The molecule has 5 heterocycles. The molecule has 1 fully saturated rings. The highest BCUT2D eigenvalue weighted by atomic mass is 32.1. The molecule has 0 spiro atoms. The topological polar surface area (TPSA) is 98.3 Å². The van der Waals surface area contributed by atoms with Crippen LogP contribution in [0.15, 0.2) is 35.7 Å². The molecule has 9 nitrogen and oxygen atoms in total. The van der Waals surface area contributed by atoms with Gasteiger partial charge in [0.05, 0.1) is 43.5 Å². The lowest BCUT2D eigenvalue weighted by Crippen LogP contribution is -2.54. The van der Waals surface area contributed by atoms with Gasteiger partial charge in [-0.05, 0) is 66.6 Å². The second-order valence-electron chi connectivity index (χ2n) is 10.7. The minimum Gasteiger partial charge on any atom is -0.496 e. The van der Waals surface area contributed by atoms with Crippen LogP contribution < -0.4 is 4.74 Å². The Labute approximate surface area is 238 Å². The predicted molar refractivity (Wildman–Crippen MR) is 147 cm³/mol. The molecule has 0 saturated carbocycles. The summed E-state index contributed by atoms with van der Waals surface area (Å²) in [6.07, 6.45) is -6.22. The monoisotopic (exact) mass is 586 g/mol. The Hall–Kier alpha value is -3.71. The van der Waals surface area contributed by atoms with Crippen LogP contribution in [0.1, 0.15) is 42.2 Å². The molecular formula is C28H29F3N6O3S. The largest absolute Gasteiger partial charge is 0.496 e. The molecule has 3 aromatic heterocycles. The summed E-state index contributed by atoms with van der Waals surface area (Å²) in [5.41, 5.74) is 3.32. The average Bonchev–Trinajstić information content (AvgIpc) is 3.72. The highest BCUT2D eigenvalue weighted by molar-refractivity contribution is 7.13. The van der Waals surface area contributed by atoms with Gasteiger partial charge in [0.25, 0.3) is 5.91 Å². The highest BCUT2D eigenvalue weighted by Gasteiger charge is 2.49. The van der Waals surface area contributed by atoms with E-state index in [-0.39, 0.29) is 12.5 Å². The van der Waals surface area contributed by atoms with Crippen LogP contribution in [0.25, 0.3) is 33.1 Å². The van der Waals surface area contributed by atoms with Crippen LogP contribution in [0.5, 0.6) is 5.75 Å². The Balaban J connectivity index is 1.49. The minimum absolute atomic E-state index is 0.273. The summed E-state index contributed by atoms with van der Waals surface area (Å²) < 4.78 is 47.3. The van der Waals surface area contributed by atoms with E-state index >= 15 is 0 Å². The van der Waals surface area contributed by atoms with Crippen molar-refractivity contribution in [2.24, 2.45) is 7.05 Å². The molecule has 1 aromatic carbocycles. The fourth-order valence-electron chi connectivity index (χ4n) is 6.13. The van der Waals surface area contributed by atoms with Crippen LogP contribution in [-0.2, 0) is 20.0 Å². The zero-order chi connectivity index (χ0) is 29.1. The first-order chi connectivity index (χ1) is 19.5. The summed E-state index contributed by atoms with van der Waals surface area (Å²) in [5.74, 6) is 0.622. The number of thiophene rings is 1. The number of amides is 1. The van der Waals surface area contributed by atoms with E-state index in [1.54, 1.807) is 21.1 Å². The van der Waals surface area contributed by atoms with Crippen molar-refractivity contribution in [3.63, 3.8) is 0 Å². The Bertz CT molecular complexity index is 1610. The van der Waals surface area contributed by atoms with Crippen molar-refractivity contribution < 1.29 is 27.8 Å². The van der Waals surface area contributed by atoms with E-state index in [9.17, 15) is 23.1 Å². The number of methoxy groups -OCH3 is 1. The molecule has 6 rings (SSSR count). The maximum Gasteiger partial charge on any atom is 0.391 e. The number of ether oxygens (including phenoxy) is 1. The van der Waals surface area contributed by atoms with Gasteiger partial charge in [0.15, 0.2) is 0 Å². The predicted octanol–water partition coefficient (Wildman–Crippen LogP) is 4.95. The number of hydrogen-bond acceptors (Lipinski definition) is 7. The number of aryl methyl sites for hydroxylation is 2. The van der Waals surface area contributed by atoms with Crippen LogP contribution in [-0.4, -0.2) is 72.2 Å². The first-order valence-corrected chi connectivity index (χ1v) is 14.2. The van der Waals surface area contributed by atoms with Crippen LogP contribution in [0.2, 0.25) is 0 Å². The maximum atomic E-state index is 14.2. The molecule has 0 unspecified atom stereocenters. The van der Waals surface area contributed by atoms with Crippen LogP contribution in [0.3, 0.4) is 0 Å². The van der Waals surface area contributed by atoms with Gasteiger partial charge in [-0.3, -0.25) is 4.79 Å². The number of likely N-dealkylation sites (tertiary alicyclic amines) is 1. The average molecular weight is 587 g/mol. The molecule has 2 aliphatic rings. The summed E-state index contributed by atoms with van der Waals surface area (Å²) in [7, 11) is 3.26. The Morgan fingerprint density at radius 1 is 1.22 bits per heavy atom. The standard InChI is InChI=1S/C28H29F3N6O3S/c1-27(23(38)15-28(29,30)31)8-5-9-37(27)26(39)20-14-19(22-6-4-11-41-22)24-17-13-18(25-32-34-35(2)33-25)21(40-3)12-16(17)7-10-36(20)24/h4,6,11-14,23,38H,5,7-10,15H2,1-3H3/t23-,27-/m0/s1. The van der Waals surface area contributed by atoms with Crippen LogP contribution >= 0.6 is 11.3 Å². The number of tetrazole rings is 1. The lowest BCUT2D eigenvalue weighted by molar-refractivity contribution is -0.166. The summed E-state index contributed by atoms with van der Waals surface area (Å²) in [5, 5.41) is 25.1. The molecule has 41 heavy (non-hydrogen) atoms. The smallest absolute Gasteiger partial charge is 0.391 e. The summed E-state index contributed by atoms with van der Waals surface area (Å²) in [6.45, 7) is 2.32. The van der Waals surface area contributed by atoms with Crippen molar-refractivity contribution in [2.45, 2.75) is 57.0 Å². The molecule has 0 bridgehead atoms. The quantitative estimate of drug-likeness (QED) is 0.344. The van der Waals surface area contributed by atoms with Gasteiger partial charge in [0.2, 0.25) is 5.82 Å². The zero-order valence-electron chi connectivity index (χ0n) is 22.8. The van der Waals surface area contributed by atoms with Crippen molar-refractivity contribution in [1.82, 2.24) is 29.7 Å². The van der Waals surface area contributed by atoms with Gasteiger partial charge in [0, 0.05) is 29.1 Å². The second-order valence-corrected chi connectivity index (χ2v) is 11.7. The third-order valence-electron chi connectivity index (χ3n) is 8.21. The van der Waals surface area contributed by atoms with Crippen LogP contribution in [0, 0.1) is 0 Å². The van der Waals surface area contributed by atoms with Gasteiger partial charge in [0.1, 0.15) is 11.4 Å². The second kappa shape index (κ2) is 9.98. The number of aliphatic hydroxyl groups excluding tert-OH is 1. The molecular weight excluding hydrogens is 557 g/mol. The molecule has 0 aliphatic carbocycles. The highest BCUT2D eigenvalue weighted by Crippen LogP contribution is 2.46. The van der Waals surface area contributed by atoms with Gasteiger partial charge in [-0.25, -0.2) is 0 Å². The van der Waals surface area contributed by atoms with E-state index in [4.69, 9.17) is 4.74 Å². The van der Waals surface area contributed by atoms with Crippen molar-refractivity contribution in [2.75, 3.05) is 13.7 Å². The molecule has 13 heteroatoms. The SMILES string of the molecule is COc1cc2c(cc1-c1nnn(C)n1)-c1c(-c3cccs3)cc(C(=O)N3CCC[C@@]3(C)[C@@H](O)CC(F)(F)F)n1CC2. The number of aromatic nitrogens is 5. The van der Waals surface area contributed by atoms with Gasteiger partial charge in [-0.1, -0.05) is 6.07 Å². The Kier molecular flexibility index (Phi) is 6.68. The number of aliphatic hydroxyl groups is 1. The van der Waals surface area contributed by atoms with E-state index < -0.39 is 24.2 Å². The van der Waals surface area contributed by atoms with Crippen molar-refractivity contribution in [1.29, 1.82) is 0 Å². The zero-order valence-corrected chi connectivity index (χ0v) is 23.6. The molecule has 4 aromatic rings. The van der Waals surface area contributed by atoms with Gasteiger partial charge in [-0.2, -0.15) is 18.0 Å². The number of halogens is 3. The fraction of sp³-hybridized carbons (Fsp3) is 0.429. The number of rotatable bonds is 6. The number of nitrogens with zero attached hydrogens (tertiary/aromatic N) is 6. The third kappa shape index (κ3) is 4.70. The van der Waals surface area contributed by atoms with Crippen molar-refractivity contribution >= 4 is 17.2 Å². The molecule has 0 radical (unpaired) electrons. The Morgan fingerprint density at radius 2 is 2.02 bits per heavy atom. The van der Waals surface area contributed by atoms with E-state index in [1.807, 2.05) is 40.3 Å². The summed E-state index contributed by atoms with van der Waals surface area (Å²) in [4.78, 5) is 17.9.